The highest BCUT2D eigenvalue weighted by Gasteiger charge is 2.47. The SMILES string of the molecule is O=S(=O)(c1cc(Br)c(O)c(NCC(O)CO)c1)C(F)(F)F. The maximum absolute atomic E-state index is 12.5. The Kier molecular flexibility index (Phi) is 5.47. The molecule has 1 aromatic carbocycles. The van der Waals surface area contributed by atoms with Crippen LogP contribution in [0.2, 0.25) is 0 Å². The predicted octanol–water partition coefficient (Wildman–Crippen LogP) is 1.21. The van der Waals surface area contributed by atoms with Crippen molar-refractivity contribution >= 4 is 31.5 Å². The zero-order chi connectivity index (χ0) is 16.4. The largest absolute Gasteiger partial charge is 0.505 e. The summed E-state index contributed by atoms with van der Waals surface area (Å²) in [5.74, 6) is -0.527. The summed E-state index contributed by atoms with van der Waals surface area (Å²) in [4.78, 5) is -1.07. The van der Waals surface area contributed by atoms with E-state index in [2.05, 4.69) is 21.2 Å². The standard InChI is InChI=1S/C10H11BrF3NO5S/c11-7-1-6(21(19,20)10(12,13)14)2-8(9(7)18)15-3-5(17)4-16/h1-2,5,15-18H,3-4H2. The van der Waals surface area contributed by atoms with E-state index in [-0.39, 0.29) is 16.7 Å². The first-order chi connectivity index (χ1) is 9.50. The van der Waals surface area contributed by atoms with Crippen LogP contribution in [0.5, 0.6) is 5.75 Å². The Morgan fingerprint density at radius 2 is 1.90 bits per heavy atom. The molecule has 0 aliphatic rings. The number of alkyl halides is 3. The first-order valence-electron chi connectivity index (χ1n) is 5.37. The number of aliphatic hydroxyl groups is 2. The van der Waals surface area contributed by atoms with E-state index in [4.69, 9.17) is 10.2 Å². The second kappa shape index (κ2) is 6.38. The average Bonchev–Trinajstić information content (AvgIpc) is 2.38. The van der Waals surface area contributed by atoms with Crippen molar-refractivity contribution in [2.75, 3.05) is 18.5 Å². The van der Waals surface area contributed by atoms with Gasteiger partial charge in [0.15, 0.2) is 5.75 Å². The molecule has 4 N–H and O–H groups in total. The van der Waals surface area contributed by atoms with Gasteiger partial charge < -0.3 is 20.6 Å². The van der Waals surface area contributed by atoms with Gasteiger partial charge in [-0.25, -0.2) is 8.42 Å². The molecule has 21 heavy (non-hydrogen) atoms. The second-order valence-corrected chi connectivity index (χ2v) is 6.76. The van der Waals surface area contributed by atoms with Gasteiger partial charge in [0.25, 0.3) is 9.84 Å². The first kappa shape index (κ1) is 18.0. The van der Waals surface area contributed by atoms with Crippen LogP contribution in [0, 0.1) is 0 Å². The second-order valence-electron chi connectivity index (χ2n) is 3.97. The van der Waals surface area contributed by atoms with Gasteiger partial charge in [0, 0.05) is 6.54 Å². The lowest BCUT2D eigenvalue weighted by molar-refractivity contribution is -0.0436. The number of aliphatic hydroxyl groups excluding tert-OH is 2. The molecular formula is C10H11BrF3NO5S. The van der Waals surface area contributed by atoms with Crippen LogP contribution < -0.4 is 5.32 Å². The molecular weight excluding hydrogens is 383 g/mol. The molecule has 0 aromatic heterocycles. The van der Waals surface area contributed by atoms with Crippen molar-refractivity contribution in [2.45, 2.75) is 16.5 Å². The molecule has 0 aliphatic heterocycles. The molecule has 0 heterocycles. The monoisotopic (exact) mass is 393 g/mol. The highest BCUT2D eigenvalue weighted by molar-refractivity contribution is 9.10. The fourth-order valence-corrected chi connectivity index (χ4v) is 2.72. The number of anilines is 1. The molecule has 0 radical (unpaired) electrons. The number of halogens is 4. The molecule has 6 nitrogen and oxygen atoms in total. The molecule has 0 saturated carbocycles. The Hall–Kier alpha value is -1.04. The topological polar surface area (TPSA) is 107 Å². The number of hydrogen-bond acceptors (Lipinski definition) is 6. The Morgan fingerprint density at radius 1 is 1.33 bits per heavy atom. The fraction of sp³-hybridized carbons (Fsp3) is 0.400. The lowest BCUT2D eigenvalue weighted by atomic mass is 10.2. The Balaban J connectivity index is 3.25. The molecule has 0 amide bonds. The Morgan fingerprint density at radius 3 is 2.38 bits per heavy atom. The minimum atomic E-state index is -5.58. The minimum absolute atomic E-state index is 0.270. The lowest BCUT2D eigenvalue weighted by Gasteiger charge is -2.15. The highest BCUT2D eigenvalue weighted by atomic mass is 79.9. The van der Waals surface area contributed by atoms with E-state index >= 15 is 0 Å². The van der Waals surface area contributed by atoms with Gasteiger partial charge in [-0.1, -0.05) is 0 Å². The number of phenolic OH excluding ortho intramolecular Hbond substituents is 1. The van der Waals surface area contributed by atoms with Gasteiger partial charge in [-0.05, 0) is 28.1 Å². The normalized spacial score (nSPS) is 14.0. The van der Waals surface area contributed by atoms with Gasteiger partial charge in [0.2, 0.25) is 0 Å². The summed E-state index contributed by atoms with van der Waals surface area (Å²) in [5, 5.41) is 29.7. The third kappa shape index (κ3) is 3.99. The predicted molar refractivity (Wildman–Crippen MR) is 70.6 cm³/mol. The van der Waals surface area contributed by atoms with Crippen LogP contribution in [-0.4, -0.2) is 48.5 Å². The molecule has 120 valence electrons. The number of sulfone groups is 1. The molecule has 1 aromatic rings. The van der Waals surface area contributed by atoms with Crippen molar-refractivity contribution in [2.24, 2.45) is 0 Å². The van der Waals surface area contributed by atoms with Gasteiger partial charge in [-0.15, -0.1) is 0 Å². The number of rotatable bonds is 5. The van der Waals surface area contributed by atoms with E-state index in [1.807, 2.05) is 0 Å². The van der Waals surface area contributed by atoms with Crippen LogP contribution in [-0.2, 0) is 9.84 Å². The van der Waals surface area contributed by atoms with Crippen molar-refractivity contribution in [3.8, 4) is 5.75 Å². The van der Waals surface area contributed by atoms with Crippen LogP contribution >= 0.6 is 15.9 Å². The third-order valence-corrected chi connectivity index (χ3v) is 4.46. The van der Waals surface area contributed by atoms with E-state index in [1.54, 1.807) is 0 Å². The van der Waals surface area contributed by atoms with Crippen molar-refractivity contribution in [3.63, 3.8) is 0 Å². The maximum Gasteiger partial charge on any atom is 0.501 e. The van der Waals surface area contributed by atoms with Crippen LogP contribution in [0.3, 0.4) is 0 Å². The highest BCUT2D eigenvalue weighted by Crippen LogP contribution is 2.38. The van der Waals surface area contributed by atoms with Gasteiger partial charge in [-0.2, -0.15) is 13.2 Å². The van der Waals surface area contributed by atoms with E-state index in [0.29, 0.717) is 12.1 Å². The summed E-state index contributed by atoms with van der Waals surface area (Å²) >= 11 is 2.75. The molecule has 11 heteroatoms. The Labute approximate surface area is 126 Å². The van der Waals surface area contributed by atoms with Gasteiger partial charge >= 0.3 is 5.51 Å². The number of benzene rings is 1. The van der Waals surface area contributed by atoms with Gasteiger partial charge in [0.1, 0.15) is 0 Å². The number of aromatic hydroxyl groups is 1. The molecule has 1 atom stereocenters. The summed E-state index contributed by atoms with van der Waals surface area (Å²) < 4.78 is 59.8. The lowest BCUT2D eigenvalue weighted by Crippen LogP contribution is -2.24. The zero-order valence-corrected chi connectivity index (χ0v) is 12.6. The van der Waals surface area contributed by atoms with E-state index in [9.17, 15) is 26.7 Å². The van der Waals surface area contributed by atoms with Crippen molar-refractivity contribution in [3.05, 3.63) is 16.6 Å². The van der Waals surface area contributed by atoms with E-state index in [1.165, 1.54) is 0 Å². The van der Waals surface area contributed by atoms with Crippen LogP contribution in [0.25, 0.3) is 0 Å². The average molecular weight is 394 g/mol. The molecule has 0 bridgehead atoms. The van der Waals surface area contributed by atoms with Gasteiger partial charge in [0.05, 0.1) is 27.8 Å². The minimum Gasteiger partial charge on any atom is -0.505 e. The number of nitrogens with one attached hydrogen (secondary N) is 1. The number of hydrogen-bond donors (Lipinski definition) is 4. The molecule has 0 saturated heterocycles. The molecule has 1 unspecified atom stereocenters. The van der Waals surface area contributed by atoms with Gasteiger partial charge in [-0.3, -0.25) is 0 Å². The van der Waals surface area contributed by atoms with Crippen LogP contribution in [0.15, 0.2) is 21.5 Å². The van der Waals surface area contributed by atoms with Crippen molar-refractivity contribution < 1.29 is 36.9 Å². The summed E-state index contributed by atoms with van der Waals surface area (Å²) in [7, 11) is -5.58. The maximum atomic E-state index is 12.5. The van der Waals surface area contributed by atoms with Crippen LogP contribution in [0.1, 0.15) is 0 Å². The quantitative estimate of drug-likeness (QED) is 0.560. The summed E-state index contributed by atoms with van der Waals surface area (Å²) in [6, 6.07) is 1.21. The molecule has 0 spiro atoms. The van der Waals surface area contributed by atoms with E-state index in [0.717, 1.165) is 0 Å². The summed E-state index contributed by atoms with van der Waals surface area (Å²) in [5.41, 5.74) is -5.81. The zero-order valence-electron chi connectivity index (χ0n) is 10.2. The summed E-state index contributed by atoms with van der Waals surface area (Å²) in [6.45, 7) is -0.915. The van der Waals surface area contributed by atoms with Crippen LogP contribution in [0.4, 0.5) is 18.9 Å². The summed E-state index contributed by atoms with van der Waals surface area (Å²) in [6.07, 6.45) is -1.23. The molecule has 1 rings (SSSR count). The van der Waals surface area contributed by atoms with Crippen molar-refractivity contribution in [1.82, 2.24) is 0 Å². The third-order valence-electron chi connectivity index (χ3n) is 2.39. The fourth-order valence-electron chi connectivity index (χ4n) is 1.29. The molecule has 0 fully saturated rings. The first-order valence-corrected chi connectivity index (χ1v) is 7.65. The smallest absolute Gasteiger partial charge is 0.501 e. The molecule has 0 aliphatic carbocycles. The Bertz CT molecular complexity index is 620. The number of phenols is 1. The van der Waals surface area contributed by atoms with E-state index < -0.39 is 38.7 Å². The van der Waals surface area contributed by atoms with Crippen molar-refractivity contribution in [1.29, 1.82) is 0 Å².